The fourth-order valence-corrected chi connectivity index (χ4v) is 3.84. The molecule has 152 valence electrons. The zero-order valence-corrected chi connectivity index (χ0v) is 17.7. The van der Waals surface area contributed by atoms with Gasteiger partial charge in [-0.25, -0.2) is 0 Å². The van der Waals surface area contributed by atoms with Gasteiger partial charge in [0.05, 0.1) is 6.61 Å². The zero-order valence-electron chi connectivity index (χ0n) is 16.9. The van der Waals surface area contributed by atoms with E-state index in [-0.39, 0.29) is 0 Å². The number of ether oxygens (including phenoxy) is 2. The predicted octanol–water partition coefficient (Wildman–Crippen LogP) is 4.89. The summed E-state index contributed by atoms with van der Waals surface area (Å²) in [7, 11) is 0. The lowest BCUT2D eigenvalue weighted by Crippen LogP contribution is -2.37. The van der Waals surface area contributed by atoms with Gasteiger partial charge in [0.1, 0.15) is 6.61 Å². The van der Waals surface area contributed by atoms with Gasteiger partial charge in [0.15, 0.2) is 11.5 Å². The summed E-state index contributed by atoms with van der Waals surface area (Å²) in [6, 6.07) is 14.6. The van der Waals surface area contributed by atoms with E-state index in [2.05, 4.69) is 29.3 Å². The lowest BCUT2D eigenvalue weighted by Gasteiger charge is -2.23. The molecular weight excluding hydrogens is 372 g/mol. The van der Waals surface area contributed by atoms with Gasteiger partial charge in [-0.05, 0) is 68.2 Å². The highest BCUT2D eigenvalue weighted by Gasteiger charge is 2.22. The Hall–Kier alpha value is -1.75. The summed E-state index contributed by atoms with van der Waals surface area (Å²) < 4.78 is 11.8. The summed E-state index contributed by atoms with van der Waals surface area (Å²) in [6.45, 7) is 9.59. The number of likely N-dealkylation sites (N-methyl/N-ethyl adjacent to an activating group) is 1. The van der Waals surface area contributed by atoms with Crippen molar-refractivity contribution < 1.29 is 9.47 Å². The van der Waals surface area contributed by atoms with Crippen molar-refractivity contribution in [2.75, 3.05) is 26.2 Å². The molecule has 1 N–H and O–H groups in total. The zero-order chi connectivity index (χ0) is 19.8. The first kappa shape index (κ1) is 21.0. The molecule has 1 fully saturated rings. The molecule has 4 nitrogen and oxygen atoms in total. The van der Waals surface area contributed by atoms with E-state index in [1.807, 2.05) is 37.3 Å². The molecule has 1 atom stereocenters. The fourth-order valence-electron chi connectivity index (χ4n) is 3.72. The van der Waals surface area contributed by atoms with E-state index in [0.29, 0.717) is 19.3 Å². The SMILES string of the molecule is CCOc1cc(CNC[C@H]2CCCN2CC)ccc1OCc1ccc(Cl)cc1. The van der Waals surface area contributed by atoms with Crippen molar-refractivity contribution in [3.63, 3.8) is 0 Å². The molecule has 5 heteroatoms. The van der Waals surface area contributed by atoms with Gasteiger partial charge in [0.25, 0.3) is 0 Å². The predicted molar refractivity (Wildman–Crippen MR) is 115 cm³/mol. The van der Waals surface area contributed by atoms with Crippen LogP contribution < -0.4 is 14.8 Å². The normalized spacial score (nSPS) is 17.0. The first-order valence-corrected chi connectivity index (χ1v) is 10.6. The molecule has 0 unspecified atom stereocenters. The van der Waals surface area contributed by atoms with Crippen LogP contribution in [0.5, 0.6) is 11.5 Å². The van der Waals surface area contributed by atoms with E-state index < -0.39 is 0 Å². The Balaban J connectivity index is 1.56. The molecule has 28 heavy (non-hydrogen) atoms. The van der Waals surface area contributed by atoms with Crippen LogP contribution in [0.3, 0.4) is 0 Å². The first-order chi connectivity index (χ1) is 13.7. The third kappa shape index (κ3) is 5.87. The van der Waals surface area contributed by atoms with Gasteiger partial charge in [-0.3, -0.25) is 4.90 Å². The van der Waals surface area contributed by atoms with Gasteiger partial charge >= 0.3 is 0 Å². The Morgan fingerprint density at radius 2 is 1.82 bits per heavy atom. The summed E-state index contributed by atoms with van der Waals surface area (Å²) in [6.07, 6.45) is 2.61. The van der Waals surface area contributed by atoms with E-state index in [4.69, 9.17) is 21.1 Å². The Kier molecular flexibility index (Phi) is 8.01. The second-order valence-corrected chi connectivity index (χ2v) is 7.62. The van der Waals surface area contributed by atoms with E-state index in [0.717, 1.165) is 41.7 Å². The maximum atomic E-state index is 5.99. The molecule has 0 aromatic heterocycles. The van der Waals surface area contributed by atoms with Crippen LogP contribution in [0.1, 0.15) is 37.8 Å². The van der Waals surface area contributed by atoms with Crippen LogP contribution in [-0.4, -0.2) is 37.2 Å². The molecule has 2 aromatic rings. The van der Waals surface area contributed by atoms with Crippen LogP contribution >= 0.6 is 11.6 Å². The minimum Gasteiger partial charge on any atom is -0.490 e. The van der Waals surface area contributed by atoms with Gasteiger partial charge in [0.2, 0.25) is 0 Å². The lowest BCUT2D eigenvalue weighted by atomic mass is 10.1. The highest BCUT2D eigenvalue weighted by Crippen LogP contribution is 2.29. The number of nitrogens with one attached hydrogen (secondary N) is 1. The number of likely N-dealkylation sites (tertiary alicyclic amines) is 1. The number of nitrogens with zero attached hydrogens (tertiary/aromatic N) is 1. The molecule has 0 spiro atoms. The van der Waals surface area contributed by atoms with Crippen LogP contribution in [0.25, 0.3) is 0 Å². The second kappa shape index (κ2) is 10.7. The Bertz CT molecular complexity index is 736. The maximum absolute atomic E-state index is 5.99. The summed E-state index contributed by atoms with van der Waals surface area (Å²) in [4.78, 5) is 2.56. The van der Waals surface area contributed by atoms with Gasteiger partial charge in [-0.15, -0.1) is 0 Å². The maximum Gasteiger partial charge on any atom is 0.161 e. The van der Waals surface area contributed by atoms with Crippen molar-refractivity contribution in [2.45, 2.75) is 45.9 Å². The molecule has 1 heterocycles. The number of rotatable bonds is 10. The van der Waals surface area contributed by atoms with Crippen LogP contribution in [0.2, 0.25) is 5.02 Å². The van der Waals surface area contributed by atoms with Gasteiger partial charge in [-0.2, -0.15) is 0 Å². The topological polar surface area (TPSA) is 33.7 Å². The molecule has 0 aliphatic carbocycles. The Morgan fingerprint density at radius 3 is 2.57 bits per heavy atom. The van der Waals surface area contributed by atoms with Gasteiger partial charge < -0.3 is 14.8 Å². The molecule has 0 saturated carbocycles. The lowest BCUT2D eigenvalue weighted by molar-refractivity contribution is 0.259. The molecule has 1 aliphatic rings. The molecule has 1 saturated heterocycles. The van der Waals surface area contributed by atoms with E-state index in [1.165, 1.54) is 24.9 Å². The monoisotopic (exact) mass is 402 g/mol. The largest absolute Gasteiger partial charge is 0.490 e. The first-order valence-electron chi connectivity index (χ1n) is 10.3. The van der Waals surface area contributed by atoms with Gasteiger partial charge in [0, 0.05) is 24.2 Å². The Morgan fingerprint density at radius 1 is 1.04 bits per heavy atom. The highest BCUT2D eigenvalue weighted by molar-refractivity contribution is 6.30. The molecule has 1 aliphatic heterocycles. The average Bonchev–Trinajstić information content (AvgIpc) is 3.16. The van der Waals surface area contributed by atoms with Gasteiger partial charge in [-0.1, -0.05) is 36.7 Å². The minimum atomic E-state index is 0.489. The summed E-state index contributed by atoms with van der Waals surface area (Å²) in [5, 5.41) is 4.34. The van der Waals surface area contributed by atoms with Crippen molar-refractivity contribution in [1.29, 1.82) is 0 Å². The summed E-state index contributed by atoms with van der Waals surface area (Å²) in [5.41, 5.74) is 2.29. The Labute approximate surface area is 173 Å². The minimum absolute atomic E-state index is 0.489. The quantitative estimate of drug-likeness (QED) is 0.613. The molecule has 3 rings (SSSR count). The number of hydrogen-bond acceptors (Lipinski definition) is 4. The third-order valence-electron chi connectivity index (χ3n) is 5.23. The van der Waals surface area contributed by atoms with E-state index in [9.17, 15) is 0 Å². The summed E-state index contributed by atoms with van der Waals surface area (Å²) in [5.74, 6) is 1.57. The van der Waals surface area contributed by atoms with Crippen molar-refractivity contribution in [1.82, 2.24) is 10.2 Å². The van der Waals surface area contributed by atoms with Crippen molar-refractivity contribution >= 4 is 11.6 Å². The number of hydrogen-bond donors (Lipinski definition) is 1. The fraction of sp³-hybridized carbons (Fsp3) is 0.478. The molecule has 2 aromatic carbocycles. The van der Waals surface area contributed by atoms with Crippen LogP contribution in [0, 0.1) is 0 Å². The van der Waals surface area contributed by atoms with Crippen molar-refractivity contribution in [3.05, 3.63) is 58.6 Å². The average molecular weight is 403 g/mol. The van der Waals surface area contributed by atoms with E-state index >= 15 is 0 Å². The molecule has 0 amide bonds. The smallest absolute Gasteiger partial charge is 0.161 e. The number of halogens is 1. The second-order valence-electron chi connectivity index (χ2n) is 7.18. The third-order valence-corrected chi connectivity index (χ3v) is 5.48. The number of benzene rings is 2. The van der Waals surface area contributed by atoms with Crippen molar-refractivity contribution in [3.8, 4) is 11.5 Å². The van der Waals surface area contributed by atoms with Crippen LogP contribution in [0.15, 0.2) is 42.5 Å². The highest BCUT2D eigenvalue weighted by atomic mass is 35.5. The molecule has 0 bridgehead atoms. The van der Waals surface area contributed by atoms with E-state index in [1.54, 1.807) is 0 Å². The summed E-state index contributed by atoms with van der Waals surface area (Å²) >= 11 is 5.94. The van der Waals surface area contributed by atoms with Crippen molar-refractivity contribution in [2.24, 2.45) is 0 Å². The molecular formula is C23H31ClN2O2. The van der Waals surface area contributed by atoms with Crippen LogP contribution in [-0.2, 0) is 13.2 Å². The molecule has 0 radical (unpaired) electrons. The standard InChI is InChI=1S/C23H31ClN2O2/c1-3-26-13-5-6-21(26)16-25-15-19-9-12-22(23(14-19)27-4-2)28-17-18-7-10-20(24)11-8-18/h7-12,14,21,25H,3-6,13,15-17H2,1-2H3/t21-/m1/s1. The van der Waals surface area contributed by atoms with Crippen LogP contribution in [0.4, 0.5) is 0 Å².